The lowest BCUT2D eigenvalue weighted by Gasteiger charge is -2.20. The first-order valence-corrected chi connectivity index (χ1v) is 9.64. The number of nitrogens with one attached hydrogen (secondary N) is 1. The van der Waals surface area contributed by atoms with Crippen LogP contribution >= 0.6 is 23.2 Å². The van der Waals surface area contributed by atoms with Gasteiger partial charge in [-0.05, 0) is 36.8 Å². The number of Topliss-reactive ketones (excluding diaryl/α,β-unsaturated/α-hetero) is 1. The van der Waals surface area contributed by atoms with E-state index in [0.717, 1.165) is 6.42 Å². The molecule has 0 aliphatic heterocycles. The van der Waals surface area contributed by atoms with Crippen LogP contribution in [0.2, 0.25) is 10.0 Å². The molecular formula is C21H19Cl2N3O3. The molecule has 0 atom stereocenters. The quantitative estimate of drug-likeness (QED) is 0.390. The van der Waals surface area contributed by atoms with Gasteiger partial charge in [-0.2, -0.15) is 0 Å². The number of hydrogen-bond acceptors (Lipinski definition) is 6. The number of carbonyl (C=O) groups is 1. The highest BCUT2D eigenvalue weighted by Gasteiger charge is 2.26. The van der Waals surface area contributed by atoms with E-state index < -0.39 is 0 Å². The van der Waals surface area contributed by atoms with Crippen LogP contribution in [0.25, 0.3) is 0 Å². The van der Waals surface area contributed by atoms with Crippen LogP contribution in [0.15, 0.2) is 64.4 Å². The Kier molecular flexibility index (Phi) is 6.15. The predicted octanol–water partition coefficient (Wildman–Crippen LogP) is 5.07. The zero-order valence-corrected chi connectivity index (χ0v) is 17.1. The first-order chi connectivity index (χ1) is 13.8. The molecule has 0 heterocycles. The predicted molar refractivity (Wildman–Crippen MR) is 116 cm³/mol. The summed E-state index contributed by atoms with van der Waals surface area (Å²) in [6.07, 6.45) is 2.74. The van der Waals surface area contributed by atoms with Gasteiger partial charge in [0.25, 0.3) is 0 Å². The van der Waals surface area contributed by atoms with Gasteiger partial charge in [-0.1, -0.05) is 36.5 Å². The van der Waals surface area contributed by atoms with Gasteiger partial charge in [0.1, 0.15) is 11.5 Å². The Bertz CT molecular complexity index is 1070. The summed E-state index contributed by atoms with van der Waals surface area (Å²) in [5.74, 6) is -0.207. The van der Waals surface area contributed by atoms with E-state index in [1.165, 1.54) is 30.3 Å². The third-order valence-corrected chi connectivity index (χ3v) is 4.91. The SMILES string of the molecule is CCCC1=C(N)/C(=N\c2ccc(O)cc2Cl)C=C(Nc2ccc(O)cc2Cl)C1=O. The van der Waals surface area contributed by atoms with E-state index in [2.05, 4.69) is 10.3 Å². The second kappa shape index (κ2) is 8.59. The number of aliphatic imine (C=N–C) groups is 1. The van der Waals surface area contributed by atoms with Crippen LogP contribution in [0.5, 0.6) is 11.5 Å². The minimum absolute atomic E-state index is 0.0181. The number of allylic oxidation sites excluding steroid dienone is 2. The monoisotopic (exact) mass is 431 g/mol. The van der Waals surface area contributed by atoms with Crippen molar-refractivity contribution >= 4 is 46.1 Å². The molecule has 0 saturated carbocycles. The molecule has 1 aliphatic rings. The van der Waals surface area contributed by atoms with E-state index in [1.807, 2.05) is 6.92 Å². The average molecular weight is 432 g/mol. The molecule has 29 heavy (non-hydrogen) atoms. The van der Waals surface area contributed by atoms with Crippen LogP contribution in [-0.4, -0.2) is 21.7 Å². The number of rotatable bonds is 5. The molecule has 1 aliphatic carbocycles. The first kappa shape index (κ1) is 20.8. The number of aromatic hydroxyl groups is 2. The average Bonchev–Trinajstić information content (AvgIpc) is 2.66. The molecule has 0 bridgehead atoms. The molecule has 2 aromatic rings. The number of phenolic OH excluding ortho intramolecular Hbond substituents is 2. The van der Waals surface area contributed by atoms with E-state index in [-0.39, 0.29) is 38.7 Å². The van der Waals surface area contributed by atoms with Crippen LogP contribution in [0, 0.1) is 0 Å². The summed E-state index contributed by atoms with van der Waals surface area (Å²) in [6.45, 7) is 1.95. The molecular weight excluding hydrogens is 413 g/mol. The Hall–Kier alpha value is -2.96. The molecule has 0 saturated heterocycles. The number of nitrogens with two attached hydrogens (primary N) is 1. The number of carbonyl (C=O) groups excluding carboxylic acids is 1. The topological polar surface area (TPSA) is 108 Å². The Morgan fingerprint density at radius 1 is 1.07 bits per heavy atom. The molecule has 0 unspecified atom stereocenters. The largest absolute Gasteiger partial charge is 0.508 e. The molecule has 8 heteroatoms. The van der Waals surface area contributed by atoms with Gasteiger partial charge in [0.15, 0.2) is 0 Å². The lowest BCUT2D eigenvalue weighted by Crippen LogP contribution is -2.27. The van der Waals surface area contributed by atoms with Crippen LogP contribution in [0.1, 0.15) is 19.8 Å². The van der Waals surface area contributed by atoms with Crippen molar-refractivity contribution in [2.24, 2.45) is 10.7 Å². The zero-order valence-electron chi connectivity index (χ0n) is 15.5. The summed E-state index contributed by atoms with van der Waals surface area (Å²) < 4.78 is 0. The van der Waals surface area contributed by atoms with Crippen LogP contribution in [0.3, 0.4) is 0 Å². The highest BCUT2D eigenvalue weighted by molar-refractivity contribution is 6.34. The Morgan fingerprint density at radius 2 is 1.72 bits per heavy atom. The van der Waals surface area contributed by atoms with Crippen molar-refractivity contribution in [3.05, 3.63) is 69.5 Å². The second-order valence-corrected chi connectivity index (χ2v) is 7.27. The van der Waals surface area contributed by atoms with Crippen molar-refractivity contribution in [3.63, 3.8) is 0 Å². The molecule has 0 radical (unpaired) electrons. The maximum Gasteiger partial charge on any atom is 0.207 e. The van der Waals surface area contributed by atoms with Gasteiger partial charge in [0.2, 0.25) is 5.78 Å². The van der Waals surface area contributed by atoms with Crippen molar-refractivity contribution in [1.82, 2.24) is 0 Å². The minimum Gasteiger partial charge on any atom is -0.508 e. The third-order valence-electron chi connectivity index (χ3n) is 4.30. The number of benzene rings is 2. The number of ketones is 1. The maximum absolute atomic E-state index is 12.9. The van der Waals surface area contributed by atoms with Gasteiger partial charge in [-0.25, -0.2) is 4.99 Å². The number of anilines is 1. The molecule has 0 amide bonds. The summed E-state index contributed by atoms with van der Waals surface area (Å²) in [5.41, 5.74) is 8.46. The van der Waals surface area contributed by atoms with Crippen molar-refractivity contribution < 1.29 is 15.0 Å². The van der Waals surface area contributed by atoms with Gasteiger partial charge in [-0.3, -0.25) is 4.79 Å². The van der Waals surface area contributed by atoms with Gasteiger partial charge < -0.3 is 21.3 Å². The fourth-order valence-corrected chi connectivity index (χ4v) is 3.31. The van der Waals surface area contributed by atoms with E-state index in [1.54, 1.807) is 12.1 Å². The Morgan fingerprint density at radius 3 is 2.34 bits per heavy atom. The van der Waals surface area contributed by atoms with E-state index in [9.17, 15) is 15.0 Å². The molecule has 2 aromatic carbocycles. The second-order valence-electron chi connectivity index (χ2n) is 6.45. The summed E-state index contributed by atoms with van der Waals surface area (Å²) >= 11 is 12.3. The normalized spacial score (nSPS) is 15.6. The van der Waals surface area contributed by atoms with Gasteiger partial charge in [0, 0.05) is 17.7 Å². The van der Waals surface area contributed by atoms with Crippen molar-refractivity contribution in [3.8, 4) is 11.5 Å². The highest BCUT2D eigenvalue weighted by Crippen LogP contribution is 2.32. The molecule has 5 N–H and O–H groups in total. The summed E-state index contributed by atoms with van der Waals surface area (Å²) in [6, 6.07) is 8.81. The smallest absolute Gasteiger partial charge is 0.207 e. The standard InChI is InChI=1S/C21H19Cl2N3O3/c1-2-3-13-20(24)18(25-16-6-4-11(27)8-14(16)22)10-19(21(13)29)26-17-7-5-12(28)9-15(17)23/h4-10,26-28H,2-3,24H2,1H3/b25-18-. The number of phenols is 2. The van der Waals surface area contributed by atoms with Gasteiger partial charge >= 0.3 is 0 Å². The summed E-state index contributed by atoms with van der Waals surface area (Å²) in [5, 5.41) is 22.6. The Balaban J connectivity index is 2.06. The van der Waals surface area contributed by atoms with Crippen molar-refractivity contribution in [2.75, 3.05) is 5.32 Å². The first-order valence-electron chi connectivity index (χ1n) is 8.88. The number of hydrogen-bond donors (Lipinski definition) is 4. The third kappa shape index (κ3) is 4.55. The number of nitrogens with zero attached hydrogens (tertiary/aromatic N) is 1. The van der Waals surface area contributed by atoms with Crippen molar-refractivity contribution in [1.29, 1.82) is 0 Å². The molecule has 6 nitrogen and oxygen atoms in total. The van der Waals surface area contributed by atoms with E-state index in [4.69, 9.17) is 28.9 Å². The minimum atomic E-state index is -0.246. The fourth-order valence-electron chi connectivity index (χ4n) is 2.87. The lowest BCUT2D eigenvalue weighted by molar-refractivity contribution is -0.112. The lowest BCUT2D eigenvalue weighted by atomic mass is 9.93. The molecule has 0 fully saturated rings. The van der Waals surface area contributed by atoms with Crippen LogP contribution in [0.4, 0.5) is 11.4 Å². The Labute approximate surface area is 178 Å². The van der Waals surface area contributed by atoms with Gasteiger partial charge in [-0.15, -0.1) is 0 Å². The van der Waals surface area contributed by atoms with E-state index >= 15 is 0 Å². The summed E-state index contributed by atoms with van der Waals surface area (Å²) in [7, 11) is 0. The molecule has 0 aromatic heterocycles. The molecule has 150 valence electrons. The highest BCUT2D eigenvalue weighted by atomic mass is 35.5. The van der Waals surface area contributed by atoms with Crippen LogP contribution in [-0.2, 0) is 4.79 Å². The number of halogens is 2. The fraction of sp³-hybridized carbons (Fsp3) is 0.143. The summed E-state index contributed by atoms with van der Waals surface area (Å²) in [4.78, 5) is 17.4. The van der Waals surface area contributed by atoms with Gasteiger partial charge in [0.05, 0.1) is 38.5 Å². The van der Waals surface area contributed by atoms with Crippen LogP contribution < -0.4 is 11.1 Å². The molecule has 3 rings (SSSR count). The molecule has 0 spiro atoms. The zero-order chi connectivity index (χ0) is 21.1. The maximum atomic E-state index is 12.9. The van der Waals surface area contributed by atoms with Crippen molar-refractivity contribution in [2.45, 2.75) is 19.8 Å². The van der Waals surface area contributed by atoms with E-state index in [0.29, 0.717) is 29.1 Å².